The van der Waals surface area contributed by atoms with Crippen LogP contribution in [-0.2, 0) is 0 Å². The smallest absolute Gasteiger partial charge is 0.274 e. The van der Waals surface area contributed by atoms with E-state index < -0.39 is 5.91 Å². The molecule has 1 aromatic heterocycles. The van der Waals surface area contributed by atoms with Crippen LogP contribution in [-0.4, -0.2) is 23.0 Å². The number of carbonyl (C=O) groups is 1. The van der Waals surface area contributed by atoms with Gasteiger partial charge >= 0.3 is 0 Å². The molecule has 132 valence electrons. The highest BCUT2D eigenvalue weighted by molar-refractivity contribution is 6.04. The van der Waals surface area contributed by atoms with Gasteiger partial charge in [0.05, 0.1) is 12.8 Å². The van der Waals surface area contributed by atoms with Crippen molar-refractivity contribution < 1.29 is 13.9 Å². The first kappa shape index (κ1) is 17.3. The Hall–Kier alpha value is -3.48. The number of hydrogen-bond donors (Lipinski definition) is 2. The van der Waals surface area contributed by atoms with E-state index in [1.807, 2.05) is 19.1 Å². The van der Waals surface area contributed by atoms with Crippen molar-refractivity contribution in [2.24, 2.45) is 0 Å². The zero-order valence-corrected chi connectivity index (χ0v) is 14.3. The molecular formula is C19H17FN4O2. The second-order valence-electron chi connectivity index (χ2n) is 5.58. The summed E-state index contributed by atoms with van der Waals surface area (Å²) >= 11 is 0. The van der Waals surface area contributed by atoms with Crippen LogP contribution in [0.25, 0.3) is 0 Å². The highest BCUT2D eigenvalue weighted by Crippen LogP contribution is 2.25. The van der Waals surface area contributed by atoms with Crippen LogP contribution >= 0.6 is 0 Å². The van der Waals surface area contributed by atoms with E-state index in [1.165, 1.54) is 31.6 Å². The number of aromatic nitrogens is 2. The number of nitrogens with one attached hydrogen (secondary N) is 2. The molecule has 0 aliphatic carbocycles. The van der Waals surface area contributed by atoms with Gasteiger partial charge in [-0.05, 0) is 42.8 Å². The molecule has 0 saturated carbocycles. The van der Waals surface area contributed by atoms with E-state index in [9.17, 15) is 9.18 Å². The number of aryl methyl sites for hydroxylation is 1. The first-order chi connectivity index (χ1) is 12.5. The summed E-state index contributed by atoms with van der Waals surface area (Å²) in [5.41, 5.74) is 2.23. The largest absolute Gasteiger partial charge is 0.495 e. The van der Waals surface area contributed by atoms with E-state index >= 15 is 0 Å². The first-order valence-electron chi connectivity index (χ1n) is 7.86. The third-order valence-corrected chi connectivity index (χ3v) is 3.60. The Morgan fingerprint density at radius 2 is 1.96 bits per heavy atom. The summed E-state index contributed by atoms with van der Waals surface area (Å²) in [5.74, 6) is 0.162. The van der Waals surface area contributed by atoms with Crippen LogP contribution in [0.2, 0.25) is 0 Å². The van der Waals surface area contributed by atoms with Gasteiger partial charge in [-0.3, -0.25) is 4.79 Å². The summed E-state index contributed by atoms with van der Waals surface area (Å²) in [4.78, 5) is 20.6. The van der Waals surface area contributed by atoms with E-state index in [2.05, 4.69) is 20.6 Å². The minimum Gasteiger partial charge on any atom is -0.495 e. The Morgan fingerprint density at radius 1 is 1.12 bits per heavy atom. The number of methoxy groups -OCH3 is 1. The molecule has 0 atom stereocenters. The van der Waals surface area contributed by atoms with Gasteiger partial charge in [0.25, 0.3) is 5.91 Å². The summed E-state index contributed by atoms with van der Waals surface area (Å²) in [6.45, 7) is 1.92. The van der Waals surface area contributed by atoms with Gasteiger partial charge in [-0.15, -0.1) is 0 Å². The minimum atomic E-state index is -0.404. The first-order valence-corrected chi connectivity index (χ1v) is 7.86. The second-order valence-corrected chi connectivity index (χ2v) is 5.58. The Kier molecular flexibility index (Phi) is 5.07. The third-order valence-electron chi connectivity index (χ3n) is 3.60. The van der Waals surface area contributed by atoms with Crippen LogP contribution in [0, 0.1) is 12.7 Å². The monoisotopic (exact) mass is 352 g/mol. The van der Waals surface area contributed by atoms with E-state index in [0.717, 1.165) is 5.56 Å². The van der Waals surface area contributed by atoms with Gasteiger partial charge in [-0.2, -0.15) is 0 Å². The molecule has 1 amide bonds. The van der Waals surface area contributed by atoms with E-state index in [0.29, 0.717) is 22.9 Å². The molecule has 3 rings (SSSR count). The van der Waals surface area contributed by atoms with Gasteiger partial charge in [-0.1, -0.05) is 12.1 Å². The molecule has 0 radical (unpaired) electrons. The van der Waals surface area contributed by atoms with Crippen molar-refractivity contribution in [1.29, 1.82) is 0 Å². The number of amides is 1. The zero-order valence-electron chi connectivity index (χ0n) is 14.3. The molecule has 0 saturated heterocycles. The number of benzene rings is 2. The molecule has 26 heavy (non-hydrogen) atoms. The number of nitrogens with zero attached hydrogens (tertiary/aromatic N) is 2. The van der Waals surface area contributed by atoms with Crippen LogP contribution in [0.3, 0.4) is 0 Å². The standard InChI is InChI=1S/C19H17FN4O2/c1-12-6-7-17(26-2)15(8-12)24-19(25)16-10-18(22-11-21-16)23-14-5-3-4-13(20)9-14/h3-11H,1-2H3,(H,24,25)(H,21,22,23). The van der Waals surface area contributed by atoms with E-state index in [1.54, 1.807) is 18.2 Å². The number of halogens is 1. The maximum absolute atomic E-state index is 13.3. The average Bonchev–Trinajstić information content (AvgIpc) is 2.62. The number of anilines is 3. The third kappa shape index (κ3) is 4.13. The topological polar surface area (TPSA) is 76.1 Å². The maximum atomic E-state index is 13.3. The summed E-state index contributed by atoms with van der Waals surface area (Å²) < 4.78 is 18.5. The van der Waals surface area contributed by atoms with Gasteiger partial charge in [-0.25, -0.2) is 14.4 Å². The van der Waals surface area contributed by atoms with Crippen LogP contribution in [0.4, 0.5) is 21.6 Å². The van der Waals surface area contributed by atoms with Crippen LogP contribution in [0.15, 0.2) is 54.9 Å². The van der Waals surface area contributed by atoms with Crippen molar-refractivity contribution in [3.05, 3.63) is 71.9 Å². The Bertz CT molecular complexity index is 946. The second kappa shape index (κ2) is 7.60. The summed E-state index contributed by atoms with van der Waals surface area (Å²) in [6, 6.07) is 12.9. The fourth-order valence-corrected chi connectivity index (χ4v) is 2.37. The summed E-state index contributed by atoms with van der Waals surface area (Å²) in [5, 5.41) is 5.72. The number of hydrogen-bond acceptors (Lipinski definition) is 5. The van der Waals surface area contributed by atoms with Crippen LogP contribution in [0.5, 0.6) is 5.75 Å². The highest BCUT2D eigenvalue weighted by atomic mass is 19.1. The molecule has 2 N–H and O–H groups in total. The molecule has 3 aromatic rings. The van der Waals surface area contributed by atoms with Crippen molar-refractivity contribution in [3.63, 3.8) is 0 Å². The normalized spacial score (nSPS) is 10.3. The number of rotatable bonds is 5. The fraction of sp³-hybridized carbons (Fsp3) is 0.105. The van der Waals surface area contributed by atoms with Gasteiger partial charge < -0.3 is 15.4 Å². The van der Waals surface area contributed by atoms with Crippen LogP contribution in [0.1, 0.15) is 16.1 Å². The maximum Gasteiger partial charge on any atom is 0.274 e. The highest BCUT2D eigenvalue weighted by Gasteiger charge is 2.12. The lowest BCUT2D eigenvalue weighted by Crippen LogP contribution is -2.15. The molecule has 0 aliphatic rings. The van der Waals surface area contributed by atoms with Gasteiger partial charge in [0.2, 0.25) is 0 Å². The van der Waals surface area contributed by atoms with E-state index in [-0.39, 0.29) is 11.5 Å². The molecular weight excluding hydrogens is 335 g/mol. The number of ether oxygens (including phenoxy) is 1. The van der Waals surface area contributed by atoms with Gasteiger partial charge in [0.1, 0.15) is 29.4 Å². The van der Waals surface area contributed by atoms with Crippen molar-refractivity contribution in [1.82, 2.24) is 9.97 Å². The fourth-order valence-electron chi connectivity index (χ4n) is 2.37. The lowest BCUT2D eigenvalue weighted by Gasteiger charge is -2.11. The molecule has 1 heterocycles. The Morgan fingerprint density at radius 3 is 2.73 bits per heavy atom. The van der Waals surface area contributed by atoms with Crippen molar-refractivity contribution in [2.75, 3.05) is 17.7 Å². The molecule has 0 bridgehead atoms. The Balaban J connectivity index is 1.79. The lowest BCUT2D eigenvalue weighted by atomic mass is 10.2. The molecule has 0 unspecified atom stereocenters. The van der Waals surface area contributed by atoms with Crippen LogP contribution < -0.4 is 15.4 Å². The molecule has 7 heteroatoms. The quantitative estimate of drug-likeness (QED) is 0.728. The summed E-state index contributed by atoms with van der Waals surface area (Å²) in [7, 11) is 1.53. The average molecular weight is 352 g/mol. The van der Waals surface area contributed by atoms with Gasteiger partial charge in [0, 0.05) is 11.8 Å². The summed E-state index contributed by atoms with van der Waals surface area (Å²) in [6.07, 6.45) is 1.27. The molecule has 2 aromatic carbocycles. The predicted molar refractivity (Wildman–Crippen MR) is 97.4 cm³/mol. The molecule has 0 aliphatic heterocycles. The van der Waals surface area contributed by atoms with Crippen molar-refractivity contribution in [2.45, 2.75) is 6.92 Å². The van der Waals surface area contributed by atoms with Gasteiger partial charge in [0.15, 0.2) is 0 Å². The Labute approximate surface area is 150 Å². The molecule has 6 nitrogen and oxygen atoms in total. The van der Waals surface area contributed by atoms with Crippen molar-refractivity contribution in [3.8, 4) is 5.75 Å². The SMILES string of the molecule is COc1ccc(C)cc1NC(=O)c1cc(Nc2cccc(F)c2)ncn1. The molecule has 0 fully saturated rings. The van der Waals surface area contributed by atoms with E-state index in [4.69, 9.17) is 4.74 Å². The minimum absolute atomic E-state index is 0.169. The zero-order chi connectivity index (χ0) is 18.5. The predicted octanol–water partition coefficient (Wildman–Crippen LogP) is 3.93. The number of carbonyl (C=O) groups excluding carboxylic acids is 1. The molecule has 0 spiro atoms. The van der Waals surface area contributed by atoms with Crippen molar-refractivity contribution >= 4 is 23.1 Å². The lowest BCUT2D eigenvalue weighted by molar-refractivity contribution is 0.102.